The number of carbonyl (C=O) groups is 1. The van der Waals surface area contributed by atoms with Crippen LogP contribution in [-0.2, 0) is 17.9 Å². The highest BCUT2D eigenvalue weighted by atomic mass is 35.5. The van der Waals surface area contributed by atoms with E-state index in [1.165, 1.54) is 0 Å². The number of rotatable bonds is 9. The molecule has 1 aromatic carbocycles. The molecular formula is C19H24ClN3O2. The summed E-state index contributed by atoms with van der Waals surface area (Å²) in [4.78, 5) is 17.2. The Hall–Kier alpha value is -2.11. The topological polar surface area (TPSA) is 54.5 Å². The monoisotopic (exact) mass is 361 g/mol. The molecule has 25 heavy (non-hydrogen) atoms. The first-order chi connectivity index (χ1) is 12.1. The van der Waals surface area contributed by atoms with Crippen LogP contribution in [0.1, 0.15) is 24.0 Å². The summed E-state index contributed by atoms with van der Waals surface area (Å²) < 4.78 is 5.91. The van der Waals surface area contributed by atoms with E-state index in [0.717, 1.165) is 29.8 Å². The van der Waals surface area contributed by atoms with Crippen molar-refractivity contribution in [1.29, 1.82) is 0 Å². The number of pyridine rings is 1. The van der Waals surface area contributed by atoms with Gasteiger partial charge in [-0.25, -0.2) is 0 Å². The summed E-state index contributed by atoms with van der Waals surface area (Å²) in [6.07, 6.45) is 4.86. The molecule has 6 heteroatoms. The van der Waals surface area contributed by atoms with Crippen molar-refractivity contribution in [3.05, 3.63) is 58.9 Å². The van der Waals surface area contributed by atoms with Crippen LogP contribution in [0.25, 0.3) is 0 Å². The molecule has 0 fully saturated rings. The van der Waals surface area contributed by atoms with E-state index < -0.39 is 0 Å². The van der Waals surface area contributed by atoms with Crippen molar-refractivity contribution < 1.29 is 9.53 Å². The second-order valence-corrected chi connectivity index (χ2v) is 6.41. The van der Waals surface area contributed by atoms with Gasteiger partial charge in [0.1, 0.15) is 12.4 Å². The molecule has 0 atom stereocenters. The highest BCUT2D eigenvalue weighted by Gasteiger charge is 2.07. The van der Waals surface area contributed by atoms with E-state index in [0.29, 0.717) is 24.6 Å². The summed E-state index contributed by atoms with van der Waals surface area (Å²) in [6.45, 7) is 1.85. The van der Waals surface area contributed by atoms with Gasteiger partial charge < -0.3 is 15.0 Å². The molecule has 0 aliphatic carbocycles. The predicted octanol–water partition coefficient (Wildman–Crippen LogP) is 3.27. The van der Waals surface area contributed by atoms with Gasteiger partial charge in [0.15, 0.2) is 0 Å². The first-order valence-electron chi connectivity index (χ1n) is 8.27. The lowest BCUT2D eigenvalue weighted by Crippen LogP contribution is -2.23. The Morgan fingerprint density at radius 3 is 2.88 bits per heavy atom. The lowest BCUT2D eigenvalue weighted by molar-refractivity contribution is -0.128. The first-order valence-corrected chi connectivity index (χ1v) is 8.65. The summed E-state index contributed by atoms with van der Waals surface area (Å²) in [7, 11) is 3.54. The van der Waals surface area contributed by atoms with E-state index in [2.05, 4.69) is 10.3 Å². The second kappa shape index (κ2) is 10.0. The van der Waals surface area contributed by atoms with Crippen LogP contribution in [-0.4, -0.2) is 36.4 Å². The molecule has 0 radical (unpaired) electrons. The Morgan fingerprint density at radius 1 is 1.32 bits per heavy atom. The SMILES string of the molecule is CN(C)C(=O)CCCNCc1cc(Cl)ccc1OCc1cccnc1. The normalized spacial score (nSPS) is 10.5. The number of hydrogen-bond donors (Lipinski definition) is 1. The Kier molecular flexibility index (Phi) is 7.70. The summed E-state index contributed by atoms with van der Waals surface area (Å²) >= 11 is 6.11. The van der Waals surface area contributed by atoms with Crippen molar-refractivity contribution in [2.45, 2.75) is 26.0 Å². The molecule has 0 bridgehead atoms. The van der Waals surface area contributed by atoms with E-state index in [9.17, 15) is 4.79 Å². The van der Waals surface area contributed by atoms with Crippen molar-refractivity contribution >= 4 is 17.5 Å². The number of benzene rings is 1. The molecule has 1 N–H and O–H groups in total. The van der Waals surface area contributed by atoms with Gasteiger partial charge in [-0.05, 0) is 37.2 Å². The van der Waals surface area contributed by atoms with E-state index in [1.807, 2.05) is 30.3 Å². The fraction of sp³-hybridized carbons (Fsp3) is 0.368. The van der Waals surface area contributed by atoms with Crippen LogP contribution in [0.15, 0.2) is 42.7 Å². The minimum atomic E-state index is 0.144. The summed E-state index contributed by atoms with van der Waals surface area (Å²) in [5.74, 6) is 0.940. The van der Waals surface area contributed by atoms with Crippen LogP contribution in [0.4, 0.5) is 0 Å². The van der Waals surface area contributed by atoms with Crippen molar-refractivity contribution in [2.75, 3.05) is 20.6 Å². The van der Waals surface area contributed by atoms with Gasteiger partial charge in [0.05, 0.1) is 0 Å². The van der Waals surface area contributed by atoms with Crippen LogP contribution in [0.3, 0.4) is 0 Å². The maximum absolute atomic E-state index is 11.6. The summed E-state index contributed by atoms with van der Waals surface area (Å²) in [6, 6.07) is 9.46. The Balaban J connectivity index is 1.84. The van der Waals surface area contributed by atoms with Crippen LogP contribution in [0, 0.1) is 0 Å². The van der Waals surface area contributed by atoms with Crippen LogP contribution in [0.5, 0.6) is 5.75 Å². The molecule has 134 valence electrons. The van der Waals surface area contributed by atoms with Crippen molar-refractivity contribution in [3.63, 3.8) is 0 Å². The maximum atomic E-state index is 11.6. The van der Waals surface area contributed by atoms with Gasteiger partial charge in [-0.3, -0.25) is 9.78 Å². The summed E-state index contributed by atoms with van der Waals surface area (Å²) in [5, 5.41) is 4.01. The maximum Gasteiger partial charge on any atom is 0.222 e. The lowest BCUT2D eigenvalue weighted by atomic mass is 10.2. The smallest absolute Gasteiger partial charge is 0.222 e. The van der Waals surface area contributed by atoms with Gasteiger partial charge in [-0.2, -0.15) is 0 Å². The zero-order valence-corrected chi connectivity index (χ0v) is 15.4. The van der Waals surface area contributed by atoms with Gasteiger partial charge in [0.25, 0.3) is 0 Å². The highest BCUT2D eigenvalue weighted by molar-refractivity contribution is 6.30. The lowest BCUT2D eigenvalue weighted by Gasteiger charge is -2.13. The Labute approximate surface area is 154 Å². The van der Waals surface area contributed by atoms with Crippen molar-refractivity contribution in [2.24, 2.45) is 0 Å². The van der Waals surface area contributed by atoms with Gasteiger partial charge in [0.2, 0.25) is 5.91 Å². The molecule has 1 amide bonds. The fourth-order valence-electron chi connectivity index (χ4n) is 2.28. The van der Waals surface area contributed by atoms with Crippen molar-refractivity contribution in [3.8, 4) is 5.75 Å². The molecule has 5 nitrogen and oxygen atoms in total. The largest absolute Gasteiger partial charge is 0.489 e. The average molecular weight is 362 g/mol. The molecule has 0 saturated carbocycles. The zero-order chi connectivity index (χ0) is 18.1. The Bertz CT molecular complexity index is 678. The minimum Gasteiger partial charge on any atom is -0.489 e. The number of carbonyl (C=O) groups excluding carboxylic acids is 1. The van der Waals surface area contributed by atoms with Crippen LogP contribution >= 0.6 is 11.6 Å². The number of amides is 1. The average Bonchev–Trinajstić information content (AvgIpc) is 2.61. The highest BCUT2D eigenvalue weighted by Crippen LogP contribution is 2.23. The molecule has 2 aromatic rings. The van der Waals surface area contributed by atoms with E-state index >= 15 is 0 Å². The third-order valence-electron chi connectivity index (χ3n) is 3.70. The second-order valence-electron chi connectivity index (χ2n) is 5.97. The molecular weight excluding hydrogens is 338 g/mol. The third kappa shape index (κ3) is 6.72. The molecule has 0 aliphatic rings. The molecule has 0 spiro atoms. The number of halogens is 1. The van der Waals surface area contributed by atoms with Crippen LogP contribution in [0.2, 0.25) is 5.02 Å². The molecule has 1 aromatic heterocycles. The number of aromatic nitrogens is 1. The third-order valence-corrected chi connectivity index (χ3v) is 3.93. The number of nitrogens with zero attached hydrogens (tertiary/aromatic N) is 2. The fourth-order valence-corrected chi connectivity index (χ4v) is 2.48. The molecule has 2 rings (SSSR count). The Morgan fingerprint density at radius 2 is 2.16 bits per heavy atom. The minimum absolute atomic E-state index is 0.144. The van der Waals surface area contributed by atoms with Gasteiger partial charge in [0, 0.05) is 55.6 Å². The summed E-state index contributed by atoms with van der Waals surface area (Å²) in [5.41, 5.74) is 2.01. The van der Waals surface area contributed by atoms with Gasteiger partial charge in [-0.1, -0.05) is 17.7 Å². The number of nitrogens with one attached hydrogen (secondary N) is 1. The molecule has 1 heterocycles. The first kappa shape index (κ1) is 19.2. The van der Waals surface area contributed by atoms with Crippen molar-refractivity contribution in [1.82, 2.24) is 15.2 Å². The standard InChI is InChI=1S/C19H24ClN3O2/c1-23(2)19(24)6-4-10-22-13-16-11-17(20)7-8-18(16)25-14-15-5-3-9-21-12-15/h3,5,7-9,11-12,22H,4,6,10,13-14H2,1-2H3. The number of ether oxygens (including phenoxy) is 1. The van der Waals surface area contributed by atoms with Gasteiger partial charge in [-0.15, -0.1) is 0 Å². The molecule has 0 unspecified atom stereocenters. The number of hydrogen-bond acceptors (Lipinski definition) is 4. The van der Waals surface area contributed by atoms with E-state index in [-0.39, 0.29) is 5.91 Å². The molecule has 0 saturated heterocycles. The zero-order valence-electron chi connectivity index (χ0n) is 14.7. The van der Waals surface area contributed by atoms with E-state index in [1.54, 1.807) is 31.4 Å². The predicted molar refractivity (Wildman–Crippen MR) is 99.7 cm³/mol. The van der Waals surface area contributed by atoms with Gasteiger partial charge >= 0.3 is 0 Å². The van der Waals surface area contributed by atoms with Crippen LogP contribution < -0.4 is 10.1 Å². The van der Waals surface area contributed by atoms with E-state index in [4.69, 9.17) is 16.3 Å². The molecule has 0 aliphatic heterocycles. The quantitative estimate of drug-likeness (QED) is 0.696.